The van der Waals surface area contributed by atoms with E-state index in [-0.39, 0.29) is 11.5 Å². The molecule has 1 aliphatic rings. The van der Waals surface area contributed by atoms with Crippen LogP contribution in [-0.2, 0) is 0 Å². The third kappa shape index (κ3) is 2.23. The summed E-state index contributed by atoms with van der Waals surface area (Å²) >= 11 is 0. The van der Waals surface area contributed by atoms with Crippen molar-refractivity contribution in [2.75, 3.05) is 6.54 Å². The van der Waals surface area contributed by atoms with Gasteiger partial charge in [-0.3, -0.25) is 0 Å². The average Bonchev–Trinajstić information content (AvgIpc) is 2.49. The first-order valence-corrected chi connectivity index (χ1v) is 5.52. The normalized spacial score (nSPS) is 36.5. The lowest BCUT2D eigenvalue weighted by molar-refractivity contribution is 0.0252. The van der Waals surface area contributed by atoms with Crippen LogP contribution in [0, 0.1) is 11.3 Å². The van der Waals surface area contributed by atoms with Gasteiger partial charge in [0, 0.05) is 12.0 Å². The van der Waals surface area contributed by atoms with Crippen LogP contribution in [0.3, 0.4) is 0 Å². The summed E-state index contributed by atoms with van der Waals surface area (Å²) in [5.74, 6) is 0.745. The van der Waals surface area contributed by atoms with Gasteiger partial charge in [-0.05, 0) is 25.2 Å². The molecule has 1 rings (SSSR count). The van der Waals surface area contributed by atoms with Gasteiger partial charge >= 0.3 is 0 Å². The minimum atomic E-state index is -0.174. The molecule has 0 aromatic carbocycles. The fraction of sp³-hybridized carbons (Fsp3) is 1.00. The van der Waals surface area contributed by atoms with E-state index in [4.69, 9.17) is 5.73 Å². The highest BCUT2D eigenvalue weighted by Crippen LogP contribution is 2.44. The highest BCUT2D eigenvalue weighted by atomic mass is 16.3. The Morgan fingerprint density at radius 1 is 1.62 bits per heavy atom. The van der Waals surface area contributed by atoms with Crippen molar-refractivity contribution < 1.29 is 5.11 Å². The molecule has 0 amide bonds. The van der Waals surface area contributed by atoms with Crippen LogP contribution in [-0.4, -0.2) is 17.8 Å². The summed E-state index contributed by atoms with van der Waals surface area (Å²) in [4.78, 5) is 0. The maximum atomic E-state index is 10.0. The van der Waals surface area contributed by atoms with Crippen LogP contribution >= 0.6 is 0 Å². The van der Waals surface area contributed by atoms with Crippen LogP contribution < -0.4 is 5.73 Å². The van der Waals surface area contributed by atoms with E-state index in [1.165, 1.54) is 6.42 Å². The first-order valence-electron chi connectivity index (χ1n) is 5.52. The molecule has 0 bridgehead atoms. The summed E-state index contributed by atoms with van der Waals surface area (Å²) in [6, 6.07) is 0. The Morgan fingerprint density at radius 3 is 2.69 bits per heavy atom. The minimum Gasteiger partial charge on any atom is -0.393 e. The van der Waals surface area contributed by atoms with Crippen LogP contribution in [0.15, 0.2) is 0 Å². The average molecular weight is 185 g/mol. The van der Waals surface area contributed by atoms with Crippen molar-refractivity contribution in [2.24, 2.45) is 17.1 Å². The summed E-state index contributed by atoms with van der Waals surface area (Å²) in [6.45, 7) is 5.03. The van der Waals surface area contributed by atoms with Crippen molar-refractivity contribution in [2.45, 2.75) is 52.1 Å². The predicted molar refractivity (Wildman–Crippen MR) is 55.4 cm³/mol. The maximum absolute atomic E-state index is 10.0. The SMILES string of the molecule is CCCC(O)C1(CN)CCC(C)C1. The zero-order chi connectivity index (χ0) is 9.90. The van der Waals surface area contributed by atoms with E-state index in [9.17, 15) is 5.11 Å². The van der Waals surface area contributed by atoms with E-state index < -0.39 is 0 Å². The molecule has 3 N–H and O–H groups in total. The maximum Gasteiger partial charge on any atom is 0.0608 e. The van der Waals surface area contributed by atoms with Crippen molar-refractivity contribution in [3.8, 4) is 0 Å². The minimum absolute atomic E-state index is 0.0510. The molecule has 2 heteroatoms. The molecule has 78 valence electrons. The summed E-state index contributed by atoms with van der Waals surface area (Å²) in [6.07, 6.45) is 5.25. The zero-order valence-corrected chi connectivity index (χ0v) is 8.92. The lowest BCUT2D eigenvalue weighted by atomic mass is 9.78. The Labute approximate surface area is 81.5 Å². The van der Waals surface area contributed by atoms with Gasteiger partial charge in [-0.1, -0.05) is 26.7 Å². The summed E-state index contributed by atoms with van der Waals surface area (Å²) in [5.41, 5.74) is 5.85. The van der Waals surface area contributed by atoms with Gasteiger partial charge in [0.2, 0.25) is 0 Å². The molecule has 3 atom stereocenters. The van der Waals surface area contributed by atoms with Gasteiger partial charge in [0.05, 0.1) is 6.10 Å². The van der Waals surface area contributed by atoms with E-state index in [2.05, 4.69) is 13.8 Å². The van der Waals surface area contributed by atoms with Crippen molar-refractivity contribution >= 4 is 0 Å². The zero-order valence-electron chi connectivity index (χ0n) is 8.92. The quantitative estimate of drug-likeness (QED) is 0.703. The van der Waals surface area contributed by atoms with Crippen LogP contribution in [0.5, 0.6) is 0 Å². The first kappa shape index (κ1) is 11.0. The molecule has 1 aliphatic carbocycles. The van der Waals surface area contributed by atoms with Crippen LogP contribution in [0.1, 0.15) is 46.0 Å². The number of rotatable bonds is 4. The van der Waals surface area contributed by atoms with Crippen LogP contribution in [0.4, 0.5) is 0 Å². The molecule has 0 aliphatic heterocycles. The molecule has 13 heavy (non-hydrogen) atoms. The fourth-order valence-corrected chi connectivity index (χ4v) is 2.64. The second-order valence-corrected chi connectivity index (χ2v) is 4.72. The number of aliphatic hydroxyl groups excluding tert-OH is 1. The highest BCUT2D eigenvalue weighted by molar-refractivity contribution is 4.93. The molecule has 0 aromatic heterocycles. The van der Waals surface area contributed by atoms with Crippen molar-refractivity contribution in [3.05, 3.63) is 0 Å². The number of aliphatic hydroxyl groups is 1. The van der Waals surface area contributed by atoms with E-state index in [0.717, 1.165) is 31.6 Å². The molecule has 1 saturated carbocycles. The van der Waals surface area contributed by atoms with E-state index in [0.29, 0.717) is 6.54 Å². The molecule has 0 spiro atoms. The van der Waals surface area contributed by atoms with E-state index in [1.54, 1.807) is 0 Å². The second-order valence-electron chi connectivity index (χ2n) is 4.72. The van der Waals surface area contributed by atoms with Gasteiger partial charge in [-0.15, -0.1) is 0 Å². The Morgan fingerprint density at radius 2 is 2.31 bits per heavy atom. The molecule has 3 unspecified atom stereocenters. The topological polar surface area (TPSA) is 46.2 Å². The third-order valence-electron chi connectivity index (χ3n) is 3.57. The Kier molecular flexibility index (Phi) is 3.74. The summed E-state index contributed by atoms with van der Waals surface area (Å²) in [7, 11) is 0. The predicted octanol–water partition coefficient (Wildman–Crippen LogP) is 1.91. The molecule has 0 aromatic rings. The van der Waals surface area contributed by atoms with E-state index in [1.807, 2.05) is 0 Å². The number of hydrogen-bond acceptors (Lipinski definition) is 2. The monoisotopic (exact) mass is 185 g/mol. The second kappa shape index (κ2) is 4.43. The molecule has 0 saturated heterocycles. The van der Waals surface area contributed by atoms with Crippen molar-refractivity contribution in [1.29, 1.82) is 0 Å². The molecular weight excluding hydrogens is 162 g/mol. The van der Waals surface area contributed by atoms with Gasteiger partial charge in [0.15, 0.2) is 0 Å². The lowest BCUT2D eigenvalue weighted by Gasteiger charge is -2.33. The lowest BCUT2D eigenvalue weighted by Crippen LogP contribution is -2.39. The first-order chi connectivity index (χ1) is 6.14. The van der Waals surface area contributed by atoms with E-state index >= 15 is 0 Å². The molecular formula is C11H23NO. The third-order valence-corrected chi connectivity index (χ3v) is 3.57. The van der Waals surface area contributed by atoms with Crippen LogP contribution in [0.25, 0.3) is 0 Å². The van der Waals surface area contributed by atoms with Gasteiger partial charge in [0.25, 0.3) is 0 Å². The van der Waals surface area contributed by atoms with Crippen molar-refractivity contribution in [1.82, 2.24) is 0 Å². The van der Waals surface area contributed by atoms with Crippen molar-refractivity contribution in [3.63, 3.8) is 0 Å². The molecule has 0 radical (unpaired) electrons. The Hall–Kier alpha value is -0.0800. The van der Waals surface area contributed by atoms with Gasteiger partial charge in [-0.25, -0.2) is 0 Å². The standard InChI is InChI=1S/C11H23NO/c1-3-4-10(13)11(8-12)6-5-9(2)7-11/h9-10,13H,3-8,12H2,1-2H3. The summed E-state index contributed by atoms with van der Waals surface area (Å²) in [5, 5.41) is 10.0. The molecule has 1 fully saturated rings. The van der Waals surface area contributed by atoms with Gasteiger partial charge in [-0.2, -0.15) is 0 Å². The summed E-state index contributed by atoms with van der Waals surface area (Å²) < 4.78 is 0. The highest BCUT2D eigenvalue weighted by Gasteiger charge is 2.41. The van der Waals surface area contributed by atoms with Crippen LogP contribution in [0.2, 0.25) is 0 Å². The molecule has 0 heterocycles. The smallest absolute Gasteiger partial charge is 0.0608 e. The number of nitrogens with two attached hydrogens (primary N) is 1. The molecule has 2 nitrogen and oxygen atoms in total. The largest absolute Gasteiger partial charge is 0.393 e. The Balaban J connectivity index is 2.59. The fourth-order valence-electron chi connectivity index (χ4n) is 2.64. The Bertz CT molecular complexity index is 160. The van der Waals surface area contributed by atoms with Gasteiger partial charge < -0.3 is 10.8 Å². The number of hydrogen-bond donors (Lipinski definition) is 2. The van der Waals surface area contributed by atoms with Gasteiger partial charge in [0.1, 0.15) is 0 Å².